The number of hydrogen-bond acceptors (Lipinski definition) is 2. The summed E-state index contributed by atoms with van der Waals surface area (Å²) in [6.45, 7) is 0. The van der Waals surface area contributed by atoms with E-state index in [-0.39, 0.29) is 5.78 Å². The second-order valence-electron chi connectivity index (χ2n) is 6.15. The Labute approximate surface area is 139 Å². The molecule has 0 N–H and O–H groups in total. The first-order valence-electron chi connectivity index (χ1n) is 7.95. The molecule has 2 nitrogen and oxygen atoms in total. The molecule has 0 saturated heterocycles. The van der Waals surface area contributed by atoms with Crippen molar-refractivity contribution in [3.63, 3.8) is 0 Å². The van der Waals surface area contributed by atoms with Crippen LogP contribution in [0.3, 0.4) is 0 Å². The van der Waals surface area contributed by atoms with Crippen molar-refractivity contribution in [2.24, 2.45) is 0 Å². The molecule has 114 valence electrons. The summed E-state index contributed by atoms with van der Waals surface area (Å²) in [6, 6.07) is 22.3. The predicted molar refractivity (Wildman–Crippen MR) is 96.9 cm³/mol. The number of carbonyl (C=O) groups is 1. The van der Waals surface area contributed by atoms with E-state index in [0.717, 1.165) is 49.5 Å². The molecule has 1 aliphatic rings. The average molecular weight is 310 g/mol. The largest absolute Gasteiger partial charge is 0.497 e. The zero-order valence-corrected chi connectivity index (χ0v) is 13.2. The Morgan fingerprint density at radius 3 is 2.38 bits per heavy atom. The number of rotatable bonds is 1. The summed E-state index contributed by atoms with van der Waals surface area (Å²) >= 11 is 0. The molecule has 2 heteroatoms. The predicted octanol–water partition coefficient (Wildman–Crippen LogP) is 5.21. The molecule has 4 aromatic rings. The fourth-order valence-corrected chi connectivity index (χ4v) is 3.69. The van der Waals surface area contributed by atoms with Gasteiger partial charge in [0.25, 0.3) is 0 Å². The van der Waals surface area contributed by atoms with E-state index in [4.69, 9.17) is 4.74 Å². The minimum absolute atomic E-state index is 0.107. The third-order valence-corrected chi connectivity index (χ3v) is 4.87. The molecule has 0 atom stereocenters. The number of fused-ring (bicyclic) bond motifs is 6. The molecule has 1 aliphatic carbocycles. The van der Waals surface area contributed by atoms with E-state index in [1.165, 1.54) is 0 Å². The maximum atomic E-state index is 12.9. The smallest absolute Gasteiger partial charge is 0.194 e. The van der Waals surface area contributed by atoms with Gasteiger partial charge in [-0.2, -0.15) is 0 Å². The number of methoxy groups -OCH3 is 1. The van der Waals surface area contributed by atoms with Crippen molar-refractivity contribution in [1.29, 1.82) is 0 Å². The quantitative estimate of drug-likeness (QED) is 0.424. The highest BCUT2D eigenvalue weighted by Gasteiger charge is 2.28. The Bertz CT molecular complexity index is 1160. The molecule has 0 heterocycles. The van der Waals surface area contributed by atoms with Gasteiger partial charge in [0, 0.05) is 16.7 Å². The maximum Gasteiger partial charge on any atom is 0.194 e. The molecular weight excluding hydrogens is 296 g/mol. The molecule has 0 aromatic heterocycles. The van der Waals surface area contributed by atoms with Crippen LogP contribution in [0, 0.1) is 0 Å². The summed E-state index contributed by atoms with van der Waals surface area (Å²) in [4.78, 5) is 12.9. The second kappa shape index (κ2) is 4.68. The zero-order chi connectivity index (χ0) is 16.3. The normalized spacial score (nSPS) is 12.5. The van der Waals surface area contributed by atoms with E-state index >= 15 is 0 Å². The average Bonchev–Trinajstić information content (AvgIpc) is 2.91. The van der Waals surface area contributed by atoms with Gasteiger partial charge in [-0.25, -0.2) is 0 Å². The molecule has 0 amide bonds. The van der Waals surface area contributed by atoms with Crippen LogP contribution < -0.4 is 4.74 Å². The fourth-order valence-electron chi connectivity index (χ4n) is 3.69. The molecular formula is C22H14O2. The van der Waals surface area contributed by atoms with E-state index in [0.29, 0.717) is 0 Å². The van der Waals surface area contributed by atoms with Crippen molar-refractivity contribution in [1.82, 2.24) is 0 Å². The lowest BCUT2D eigenvalue weighted by atomic mass is 9.96. The number of ether oxygens (including phenoxy) is 1. The summed E-state index contributed by atoms with van der Waals surface area (Å²) in [5.41, 5.74) is 3.67. The minimum Gasteiger partial charge on any atom is -0.497 e. The highest BCUT2D eigenvalue weighted by molar-refractivity contribution is 6.27. The Hall–Kier alpha value is -3.13. The highest BCUT2D eigenvalue weighted by Crippen LogP contribution is 2.43. The van der Waals surface area contributed by atoms with Crippen molar-refractivity contribution in [2.75, 3.05) is 7.11 Å². The van der Waals surface area contributed by atoms with E-state index in [1.807, 2.05) is 48.5 Å². The lowest BCUT2D eigenvalue weighted by Gasteiger charge is -2.08. The first-order chi connectivity index (χ1) is 11.8. The summed E-state index contributed by atoms with van der Waals surface area (Å²) in [5.74, 6) is 0.909. The highest BCUT2D eigenvalue weighted by atomic mass is 16.5. The van der Waals surface area contributed by atoms with Gasteiger partial charge in [0.15, 0.2) is 5.78 Å². The van der Waals surface area contributed by atoms with E-state index in [1.54, 1.807) is 7.11 Å². The van der Waals surface area contributed by atoms with Gasteiger partial charge < -0.3 is 4.74 Å². The van der Waals surface area contributed by atoms with Gasteiger partial charge in [-0.05, 0) is 57.4 Å². The van der Waals surface area contributed by atoms with E-state index in [9.17, 15) is 4.79 Å². The van der Waals surface area contributed by atoms with Crippen LogP contribution >= 0.6 is 0 Å². The number of carbonyl (C=O) groups excluding carboxylic acids is 1. The molecule has 24 heavy (non-hydrogen) atoms. The van der Waals surface area contributed by atoms with Crippen molar-refractivity contribution >= 4 is 27.3 Å². The molecule has 0 spiro atoms. The summed E-state index contributed by atoms with van der Waals surface area (Å²) in [5, 5.41) is 4.43. The Morgan fingerprint density at radius 1 is 0.708 bits per heavy atom. The fraction of sp³-hybridized carbons (Fsp3) is 0.0455. The topological polar surface area (TPSA) is 26.3 Å². The van der Waals surface area contributed by atoms with Crippen LogP contribution in [0.1, 0.15) is 15.9 Å². The van der Waals surface area contributed by atoms with Crippen LogP contribution in [-0.2, 0) is 0 Å². The zero-order valence-electron chi connectivity index (χ0n) is 13.2. The first kappa shape index (κ1) is 13.3. The summed E-state index contributed by atoms with van der Waals surface area (Å²) in [7, 11) is 1.65. The van der Waals surface area contributed by atoms with Crippen LogP contribution in [0.2, 0.25) is 0 Å². The van der Waals surface area contributed by atoms with Crippen molar-refractivity contribution < 1.29 is 9.53 Å². The van der Waals surface area contributed by atoms with Crippen LogP contribution in [0.25, 0.3) is 32.7 Å². The number of benzene rings is 4. The van der Waals surface area contributed by atoms with E-state index in [2.05, 4.69) is 18.2 Å². The maximum absolute atomic E-state index is 12.9. The minimum atomic E-state index is 0.107. The molecule has 0 unspecified atom stereocenters. The van der Waals surface area contributed by atoms with E-state index < -0.39 is 0 Å². The van der Waals surface area contributed by atoms with Crippen molar-refractivity contribution in [2.45, 2.75) is 0 Å². The van der Waals surface area contributed by atoms with Gasteiger partial charge in [0.1, 0.15) is 5.75 Å². The Balaban J connectivity index is 1.89. The summed E-state index contributed by atoms with van der Waals surface area (Å²) in [6.07, 6.45) is 0. The van der Waals surface area contributed by atoms with Gasteiger partial charge in [-0.1, -0.05) is 36.4 Å². The first-order valence-corrected chi connectivity index (χ1v) is 7.95. The van der Waals surface area contributed by atoms with Crippen LogP contribution in [-0.4, -0.2) is 12.9 Å². The van der Waals surface area contributed by atoms with Gasteiger partial charge in [0.2, 0.25) is 0 Å². The lowest BCUT2D eigenvalue weighted by molar-refractivity contribution is 0.104. The van der Waals surface area contributed by atoms with Crippen LogP contribution in [0.5, 0.6) is 5.75 Å². The lowest BCUT2D eigenvalue weighted by Crippen LogP contribution is -1.95. The molecule has 0 bridgehead atoms. The van der Waals surface area contributed by atoms with Crippen LogP contribution in [0.4, 0.5) is 0 Å². The molecule has 5 rings (SSSR count). The SMILES string of the molecule is COc1ccc2cc3c(cc2c1)C(=O)c1ccc2ccccc2c1-3. The molecule has 4 aromatic carbocycles. The summed E-state index contributed by atoms with van der Waals surface area (Å²) < 4.78 is 5.30. The number of hydrogen-bond donors (Lipinski definition) is 0. The van der Waals surface area contributed by atoms with Gasteiger partial charge in [-0.3, -0.25) is 4.79 Å². The van der Waals surface area contributed by atoms with Gasteiger partial charge in [0.05, 0.1) is 7.11 Å². The molecule has 0 fully saturated rings. The number of ketones is 1. The standard InChI is InChI=1S/C22H14O2/c1-24-16-8-6-14-11-19-20(12-15(14)10-16)22(23)18-9-7-13-4-2-3-5-17(13)21(18)19/h2-12H,1H3. The molecule has 0 saturated carbocycles. The molecule has 0 aliphatic heterocycles. The third kappa shape index (κ3) is 1.68. The van der Waals surface area contributed by atoms with Crippen molar-refractivity contribution in [3.05, 3.63) is 77.9 Å². The van der Waals surface area contributed by atoms with Crippen molar-refractivity contribution in [3.8, 4) is 16.9 Å². The van der Waals surface area contributed by atoms with Gasteiger partial charge >= 0.3 is 0 Å². The monoisotopic (exact) mass is 310 g/mol. The van der Waals surface area contributed by atoms with Crippen LogP contribution in [0.15, 0.2) is 66.7 Å². The molecule has 0 radical (unpaired) electrons. The Kier molecular flexibility index (Phi) is 2.60. The second-order valence-corrected chi connectivity index (χ2v) is 6.15. The third-order valence-electron chi connectivity index (χ3n) is 4.87. The Morgan fingerprint density at radius 2 is 1.50 bits per heavy atom. The van der Waals surface area contributed by atoms with Gasteiger partial charge in [-0.15, -0.1) is 0 Å².